The number of rotatable bonds is 6. The van der Waals surface area contributed by atoms with Crippen molar-refractivity contribution in [3.63, 3.8) is 0 Å². The van der Waals surface area contributed by atoms with Crippen molar-refractivity contribution >= 4 is 61.0 Å². The van der Waals surface area contributed by atoms with E-state index in [0.717, 1.165) is 6.07 Å². The van der Waals surface area contributed by atoms with Gasteiger partial charge in [0, 0.05) is 14.5 Å². The molecule has 35 heavy (non-hydrogen) atoms. The van der Waals surface area contributed by atoms with Crippen LogP contribution in [0, 0.1) is 5.82 Å². The lowest BCUT2D eigenvalue weighted by Crippen LogP contribution is -2.33. The minimum atomic E-state index is -1.09. The van der Waals surface area contributed by atoms with Crippen LogP contribution in [-0.4, -0.2) is 30.6 Å². The predicted octanol–water partition coefficient (Wildman–Crippen LogP) is 5.06. The van der Waals surface area contributed by atoms with Crippen molar-refractivity contribution in [2.45, 2.75) is 6.92 Å². The van der Waals surface area contributed by atoms with Crippen LogP contribution in [0.3, 0.4) is 0 Å². The molecule has 3 rings (SSSR count). The van der Waals surface area contributed by atoms with Crippen LogP contribution in [0.1, 0.15) is 22.8 Å². The molecule has 0 spiro atoms. The number of benzene rings is 3. The molecule has 0 aromatic heterocycles. The van der Waals surface area contributed by atoms with Gasteiger partial charge < -0.3 is 14.8 Å². The maximum atomic E-state index is 13.9. The van der Waals surface area contributed by atoms with Crippen LogP contribution in [0.15, 0.2) is 74.7 Å². The molecule has 0 atom stereocenters. The number of carbonyl (C=O) groups excluding carboxylic acids is 3. The highest BCUT2D eigenvalue weighted by Crippen LogP contribution is 2.30. The highest BCUT2D eigenvalue weighted by atomic mass is 79.9. The van der Waals surface area contributed by atoms with Gasteiger partial charge in [0.05, 0.1) is 24.1 Å². The average Bonchev–Trinajstić information content (AvgIpc) is 2.84. The maximum Gasteiger partial charge on any atom is 0.344 e. The van der Waals surface area contributed by atoms with Gasteiger partial charge >= 0.3 is 17.8 Å². The SMILES string of the molecule is COc1cc(/C(C)=N/NC(=O)C(=O)Nc2ccc(Br)cc2F)ccc1OC(=O)c1ccccc1Br. The molecule has 0 aliphatic heterocycles. The van der Waals surface area contributed by atoms with Crippen LogP contribution in [0.25, 0.3) is 0 Å². The quantitative estimate of drug-likeness (QED) is 0.134. The monoisotopic (exact) mass is 605 g/mol. The fourth-order valence-electron chi connectivity index (χ4n) is 2.78. The molecule has 0 heterocycles. The van der Waals surface area contributed by atoms with E-state index in [-0.39, 0.29) is 17.2 Å². The smallest absolute Gasteiger partial charge is 0.344 e. The van der Waals surface area contributed by atoms with Crippen LogP contribution in [0.2, 0.25) is 0 Å². The molecule has 8 nitrogen and oxygen atoms in total. The van der Waals surface area contributed by atoms with Gasteiger partial charge in [0.25, 0.3) is 0 Å². The summed E-state index contributed by atoms with van der Waals surface area (Å²) in [6.07, 6.45) is 0. The van der Waals surface area contributed by atoms with Gasteiger partial charge in [-0.15, -0.1) is 0 Å². The molecule has 0 radical (unpaired) electrons. The van der Waals surface area contributed by atoms with Crippen molar-refractivity contribution in [3.05, 3.63) is 86.6 Å². The highest BCUT2D eigenvalue weighted by molar-refractivity contribution is 9.10. The molecule has 0 saturated heterocycles. The first-order chi connectivity index (χ1) is 16.7. The summed E-state index contributed by atoms with van der Waals surface area (Å²) >= 11 is 6.42. The number of halogens is 3. The third kappa shape index (κ3) is 6.74. The number of hydrazone groups is 1. The van der Waals surface area contributed by atoms with Crippen LogP contribution < -0.4 is 20.2 Å². The molecule has 180 valence electrons. The van der Waals surface area contributed by atoms with E-state index in [0.29, 0.717) is 25.8 Å². The minimum absolute atomic E-state index is 0.147. The van der Waals surface area contributed by atoms with Gasteiger partial charge in [0.15, 0.2) is 11.5 Å². The number of methoxy groups -OCH3 is 1. The second-order valence-corrected chi connectivity index (χ2v) is 8.72. The van der Waals surface area contributed by atoms with E-state index < -0.39 is 23.6 Å². The van der Waals surface area contributed by atoms with Crippen molar-refractivity contribution in [2.75, 3.05) is 12.4 Å². The summed E-state index contributed by atoms with van der Waals surface area (Å²) in [6, 6.07) is 15.5. The minimum Gasteiger partial charge on any atom is -0.493 e. The van der Waals surface area contributed by atoms with Gasteiger partial charge in [0.1, 0.15) is 5.82 Å². The van der Waals surface area contributed by atoms with E-state index in [1.165, 1.54) is 25.3 Å². The molecule has 2 amide bonds. The van der Waals surface area contributed by atoms with Crippen LogP contribution in [0.5, 0.6) is 11.5 Å². The largest absolute Gasteiger partial charge is 0.493 e. The summed E-state index contributed by atoms with van der Waals surface area (Å²) in [5.41, 5.74) is 3.18. The lowest BCUT2D eigenvalue weighted by molar-refractivity contribution is -0.136. The second kappa shape index (κ2) is 11.7. The van der Waals surface area contributed by atoms with Gasteiger partial charge in [-0.2, -0.15) is 5.10 Å². The number of esters is 1. The molecule has 0 aliphatic carbocycles. The van der Waals surface area contributed by atoms with Gasteiger partial charge in [0.2, 0.25) is 0 Å². The Bertz CT molecular complexity index is 1330. The number of amides is 2. The number of nitrogens with one attached hydrogen (secondary N) is 2. The van der Waals surface area contributed by atoms with Crippen molar-refractivity contribution < 1.29 is 28.2 Å². The Balaban J connectivity index is 1.68. The number of nitrogens with zero attached hydrogens (tertiary/aromatic N) is 1. The summed E-state index contributed by atoms with van der Waals surface area (Å²) in [5.74, 6) is -3.01. The van der Waals surface area contributed by atoms with Crippen molar-refractivity contribution in [3.8, 4) is 11.5 Å². The Morgan fingerprint density at radius 3 is 2.37 bits per heavy atom. The molecule has 3 aromatic rings. The summed E-state index contributed by atoms with van der Waals surface area (Å²) in [5, 5.41) is 6.08. The zero-order valence-electron chi connectivity index (χ0n) is 18.4. The first kappa shape index (κ1) is 26.0. The zero-order chi connectivity index (χ0) is 25.5. The molecule has 0 fully saturated rings. The Hall–Kier alpha value is -3.57. The molecular formula is C24H18Br2FN3O5. The van der Waals surface area contributed by atoms with Crippen LogP contribution >= 0.6 is 31.9 Å². The maximum absolute atomic E-state index is 13.9. The van der Waals surface area contributed by atoms with E-state index in [1.807, 2.05) is 0 Å². The number of anilines is 1. The molecular weight excluding hydrogens is 589 g/mol. The van der Waals surface area contributed by atoms with E-state index in [2.05, 4.69) is 47.7 Å². The predicted molar refractivity (Wildman–Crippen MR) is 135 cm³/mol. The fraction of sp³-hybridized carbons (Fsp3) is 0.0833. The average molecular weight is 607 g/mol. The van der Waals surface area contributed by atoms with Crippen molar-refractivity contribution in [2.24, 2.45) is 5.10 Å². The number of hydrogen-bond acceptors (Lipinski definition) is 6. The van der Waals surface area contributed by atoms with Gasteiger partial charge in [-0.3, -0.25) is 9.59 Å². The van der Waals surface area contributed by atoms with E-state index in [1.54, 1.807) is 43.3 Å². The topological polar surface area (TPSA) is 106 Å². The molecule has 2 N–H and O–H groups in total. The summed E-state index contributed by atoms with van der Waals surface area (Å²) in [4.78, 5) is 36.6. The third-order valence-corrected chi connectivity index (χ3v) is 5.77. The third-order valence-electron chi connectivity index (χ3n) is 4.59. The van der Waals surface area contributed by atoms with Crippen molar-refractivity contribution in [1.82, 2.24) is 5.43 Å². The lowest BCUT2D eigenvalue weighted by Gasteiger charge is -2.12. The summed E-state index contributed by atoms with van der Waals surface area (Å²) < 4.78 is 25.7. The van der Waals surface area contributed by atoms with Gasteiger partial charge in [-0.05, 0) is 71.4 Å². The molecule has 0 bridgehead atoms. The zero-order valence-corrected chi connectivity index (χ0v) is 21.6. The highest BCUT2D eigenvalue weighted by Gasteiger charge is 2.17. The van der Waals surface area contributed by atoms with Gasteiger partial charge in [-0.1, -0.05) is 28.1 Å². The molecule has 11 heteroatoms. The Morgan fingerprint density at radius 1 is 0.943 bits per heavy atom. The second-order valence-electron chi connectivity index (χ2n) is 6.95. The lowest BCUT2D eigenvalue weighted by atomic mass is 10.1. The number of carbonyl (C=O) groups is 3. The first-order valence-electron chi connectivity index (χ1n) is 9.95. The van der Waals surface area contributed by atoms with E-state index >= 15 is 0 Å². The number of hydrogen-bond donors (Lipinski definition) is 2. The summed E-state index contributed by atoms with van der Waals surface area (Å²) in [7, 11) is 1.41. The van der Waals surface area contributed by atoms with Crippen molar-refractivity contribution in [1.29, 1.82) is 0 Å². The Labute approximate surface area is 216 Å². The van der Waals surface area contributed by atoms with E-state index in [9.17, 15) is 18.8 Å². The van der Waals surface area contributed by atoms with Crippen LogP contribution in [0.4, 0.5) is 10.1 Å². The van der Waals surface area contributed by atoms with Gasteiger partial charge in [-0.25, -0.2) is 14.6 Å². The Kier molecular flexibility index (Phi) is 8.72. The normalized spacial score (nSPS) is 10.9. The number of ether oxygens (including phenoxy) is 2. The molecule has 0 aliphatic rings. The fourth-order valence-corrected chi connectivity index (χ4v) is 3.56. The molecule has 0 unspecified atom stereocenters. The standard InChI is InChI=1S/C24H18Br2FN3O5/c1-13(29-30-23(32)22(31)28-19-9-8-15(25)12-18(19)27)14-7-10-20(21(11-14)34-2)35-24(33)16-5-3-4-6-17(16)26/h3-12H,1-2H3,(H,28,31)(H,30,32)/b29-13+. The molecule has 0 saturated carbocycles. The Morgan fingerprint density at radius 2 is 1.69 bits per heavy atom. The molecule has 3 aromatic carbocycles. The van der Waals surface area contributed by atoms with E-state index in [4.69, 9.17) is 9.47 Å². The first-order valence-corrected chi connectivity index (χ1v) is 11.5. The summed E-state index contributed by atoms with van der Waals surface area (Å²) in [6.45, 7) is 1.59. The van der Waals surface area contributed by atoms with Crippen LogP contribution in [-0.2, 0) is 9.59 Å².